The molecule has 0 amide bonds. The molecule has 5 heteroatoms. The number of anilines is 1. The van der Waals surface area contributed by atoms with E-state index in [4.69, 9.17) is 16.7 Å². The van der Waals surface area contributed by atoms with Gasteiger partial charge in [-0.25, -0.2) is 0 Å². The first-order chi connectivity index (χ1) is 7.61. The van der Waals surface area contributed by atoms with Gasteiger partial charge in [0.2, 0.25) is 0 Å². The highest BCUT2D eigenvalue weighted by Gasteiger charge is 2.13. The van der Waals surface area contributed by atoms with Crippen LogP contribution in [0.2, 0.25) is 5.15 Å². The summed E-state index contributed by atoms with van der Waals surface area (Å²) >= 11 is 5.90. The predicted octanol–water partition coefficient (Wildman–Crippen LogP) is 1.96. The summed E-state index contributed by atoms with van der Waals surface area (Å²) < 4.78 is 0. The van der Waals surface area contributed by atoms with Gasteiger partial charge in [-0.2, -0.15) is 0 Å². The highest BCUT2D eigenvalue weighted by Crippen LogP contribution is 2.23. The molecule has 90 valence electrons. The van der Waals surface area contributed by atoms with Gasteiger partial charge in [0, 0.05) is 13.1 Å². The minimum atomic E-state index is 0.114. The Morgan fingerprint density at radius 1 is 1.19 bits per heavy atom. The number of rotatable bonds is 5. The standard InChI is InChI=1S/C11H18ClN3O/c1-4-5-15(6-7-16)11-9(3)8(2)10(12)13-14-11/h16H,4-7H2,1-3H3. The van der Waals surface area contributed by atoms with Crippen LogP contribution in [0.25, 0.3) is 0 Å². The third-order valence-electron chi connectivity index (χ3n) is 2.60. The largest absolute Gasteiger partial charge is 0.395 e. The van der Waals surface area contributed by atoms with Gasteiger partial charge in [-0.1, -0.05) is 18.5 Å². The fourth-order valence-corrected chi connectivity index (χ4v) is 1.76. The molecule has 1 N–H and O–H groups in total. The van der Waals surface area contributed by atoms with Crippen LogP contribution in [0.3, 0.4) is 0 Å². The fourth-order valence-electron chi connectivity index (χ4n) is 1.58. The van der Waals surface area contributed by atoms with Crippen LogP contribution in [0.1, 0.15) is 24.5 Å². The SMILES string of the molecule is CCCN(CCO)c1nnc(Cl)c(C)c1C. The van der Waals surface area contributed by atoms with Crippen LogP contribution in [0, 0.1) is 13.8 Å². The topological polar surface area (TPSA) is 49.2 Å². The van der Waals surface area contributed by atoms with Crippen molar-refractivity contribution in [1.82, 2.24) is 10.2 Å². The zero-order valence-corrected chi connectivity index (χ0v) is 10.8. The van der Waals surface area contributed by atoms with Gasteiger partial charge in [0.25, 0.3) is 0 Å². The number of nitrogens with zero attached hydrogens (tertiary/aromatic N) is 3. The molecule has 16 heavy (non-hydrogen) atoms. The Morgan fingerprint density at radius 2 is 1.88 bits per heavy atom. The minimum absolute atomic E-state index is 0.114. The Labute approximate surface area is 101 Å². The van der Waals surface area contributed by atoms with Crippen molar-refractivity contribution in [2.75, 3.05) is 24.6 Å². The smallest absolute Gasteiger partial charge is 0.155 e. The van der Waals surface area contributed by atoms with Crippen molar-refractivity contribution in [3.63, 3.8) is 0 Å². The number of aliphatic hydroxyl groups excluding tert-OH is 1. The Hall–Kier alpha value is -0.870. The number of aliphatic hydroxyl groups is 1. The third-order valence-corrected chi connectivity index (χ3v) is 2.96. The average Bonchev–Trinajstić information content (AvgIpc) is 2.26. The molecule has 0 aromatic carbocycles. The Kier molecular flexibility index (Phi) is 4.96. The first-order valence-electron chi connectivity index (χ1n) is 5.47. The van der Waals surface area contributed by atoms with Gasteiger partial charge >= 0.3 is 0 Å². The molecule has 0 saturated carbocycles. The van der Waals surface area contributed by atoms with Crippen molar-refractivity contribution in [3.05, 3.63) is 16.3 Å². The summed E-state index contributed by atoms with van der Waals surface area (Å²) in [6.45, 7) is 7.55. The molecule has 0 aliphatic heterocycles. The normalized spacial score (nSPS) is 10.6. The molecule has 1 aromatic rings. The summed E-state index contributed by atoms with van der Waals surface area (Å²) in [5.74, 6) is 0.817. The number of hydrogen-bond acceptors (Lipinski definition) is 4. The lowest BCUT2D eigenvalue weighted by molar-refractivity contribution is 0.301. The number of hydrogen-bond donors (Lipinski definition) is 1. The van der Waals surface area contributed by atoms with Crippen LogP contribution in [0.15, 0.2) is 0 Å². The molecule has 0 spiro atoms. The molecular formula is C11H18ClN3O. The van der Waals surface area contributed by atoms with Gasteiger partial charge in [-0.15, -0.1) is 10.2 Å². The van der Waals surface area contributed by atoms with Gasteiger partial charge in [0.05, 0.1) is 6.61 Å². The predicted molar refractivity (Wildman–Crippen MR) is 66.1 cm³/mol. The summed E-state index contributed by atoms with van der Waals surface area (Å²) in [6.07, 6.45) is 1.00. The van der Waals surface area contributed by atoms with Crippen molar-refractivity contribution in [3.8, 4) is 0 Å². The summed E-state index contributed by atoms with van der Waals surface area (Å²) in [7, 11) is 0. The van der Waals surface area contributed by atoms with Crippen molar-refractivity contribution >= 4 is 17.4 Å². The Bertz CT molecular complexity index is 351. The van der Waals surface area contributed by atoms with Crippen LogP contribution in [0.5, 0.6) is 0 Å². The van der Waals surface area contributed by atoms with E-state index in [2.05, 4.69) is 17.1 Å². The first kappa shape index (κ1) is 13.2. The molecule has 0 atom stereocenters. The minimum Gasteiger partial charge on any atom is -0.395 e. The van der Waals surface area contributed by atoms with Gasteiger partial charge in [-0.3, -0.25) is 0 Å². The zero-order chi connectivity index (χ0) is 12.1. The van der Waals surface area contributed by atoms with Crippen LogP contribution >= 0.6 is 11.6 Å². The molecule has 1 heterocycles. The molecule has 1 rings (SSSR count). The van der Waals surface area contributed by atoms with Crippen LogP contribution < -0.4 is 4.90 Å². The Balaban J connectivity index is 3.04. The van der Waals surface area contributed by atoms with E-state index < -0.39 is 0 Å². The van der Waals surface area contributed by atoms with Crippen molar-refractivity contribution in [1.29, 1.82) is 0 Å². The van der Waals surface area contributed by atoms with E-state index in [0.717, 1.165) is 29.9 Å². The average molecular weight is 244 g/mol. The quantitative estimate of drug-likeness (QED) is 0.859. The van der Waals surface area contributed by atoms with Crippen LogP contribution in [-0.4, -0.2) is 35.0 Å². The third kappa shape index (κ3) is 2.83. The molecule has 0 fully saturated rings. The van der Waals surface area contributed by atoms with Crippen LogP contribution in [-0.2, 0) is 0 Å². The maximum atomic E-state index is 9.02. The van der Waals surface area contributed by atoms with E-state index in [9.17, 15) is 0 Å². The molecule has 1 aromatic heterocycles. The van der Waals surface area contributed by atoms with E-state index in [-0.39, 0.29) is 6.61 Å². The lowest BCUT2D eigenvalue weighted by Crippen LogP contribution is -2.29. The summed E-state index contributed by atoms with van der Waals surface area (Å²) in [4.78, 5) is 2.03. The molecule has 0 aliphatic carbocycles. The van der Waals surface area contributed by atoms with Crippen LogP contribution in [0.4, 0.5) is 5.82 Å². The van der Waals surface area contributed by atoms with E-state index in [1.165, 1.54) is 0 Å². The number of halogens is 1. The summed E-state index contributed by atoms with van der Waals surface area (Å²) in [5.41, 5.74) is 1.98. The highest BCUT2D eigenvalue weighted by molar-refractivity contribution is 6.30. The maximum absolute atomic E-state index is 9.02. The van der Waals surface area contributed by atoms with E-state index in [1.807, 2.05) is 18.7 Å². The van der Waals surface area contributed by atoms with E-state index in [0.29, 0.717) is 11.7 Å². The lowest BCUT2D eigenvalue weighted by atomic mass is 10.2. The fraction of sp³-hybridized carbons (Fsp3) is 0.636. The summed E-state index contributed by atoms with van der Waals surface area (Å²) in [6, 6.07) is 0. The molecule has 0 saturated heterocycles. The molecule has 0 radical (unpaired) electrons. The zero-order valence-electron chi connectivity index (χ0n) is 10.00. The van der Waals surface area contributed by atoms with Gasteiger partial charge in [0.1, 0.15) is 0 Å². The second kappa shape index (κ2) is 6.01. The molecule has 0 unspecified atom stereocenters. The highest BCUT2D eigenvalue weighted by atomic mass is 35.5. The monoisotopic (exact) mass is 243 g/mol. The van der Waals surface area contributed by atoms with Gasteiger partial charge in [0.15, 0.2) is 11.0 Å². The van der Waals surface area contributed by atoms with Gasteiger partial charge in [-0.05, 0) is 31.4 Å². The maximum Gasteiger partial charge on any atom is 0.155 e. The molecule has 4 nitrogen and oxygen atoms in total. The van der Waals surface area contributed by atoms with E-state index in [1.54, 1.807) is 0 Å². The lowest BCUT2D eigenvalue weighted by Gasteiger charge is -2.24. The van der Waals surface area contributed by atoms with Gasteiger partial charge < -0.3 is 10.0 Å². The first-order valence-corrected chi connectivity index (χ1v) is 5.84. The van der Waals surface area contributed by atoms with Crippen molar-refractivity contribution in [2.24, 2.45) is 0 Å². The van der Waals surface area contributed by atoms with Crippen molar-refractivity contribution < 1.29 is 5.11 Å². The molecular weight excluding hydrogens is 226 g/mol. The van der Waals surface area contributed by atoms with Crippen molar-refractivity contribution in [2.45, 2.75) is 27.2 Å². The molecule has 0 bridgehead atoms. The second-order valence-electron chi connectivity index (χ2n) is 3.78. The number of aromatic nitrogens is 2. The molecule has 0 aliphatic rings. The second-order valence-corrected chi connectivity index (χ2v) is 4.13. The van der Waals surface area contributed by atoms with E-state index >= 15 is 0 Å². The Morgan fingerprint density at radius 3 is 2.44 bits per heavy atom. The summed E-state index contributed by atoms with van der Waals surface area (Å²) in [5, 5.41) is 17.5.